The molecule has 0 saturated heterocycles. The van der Waals surface area contributed by atoms with E-state index in [4.69, 9.17) is 10.00 Å². The lowest BCUT2D eigenvalue weighted by Crippen LogP contribution is -1.87. The number of halogens is 1. The van der Waals surface area contributed by atoms with E-state index in [9.17, 15) is 0 Å². The van der Waals surface area contributed by atoms with Crippen LogP contribution in [0.1, 0.15) is 5.56 Å². The number of nitriles is 1. The number of fused-ring (bicyclic) bond motifs is 1. The fraction of sp³-hybridized carbons (Fsp3) is 0.100. The van der Waals surface area contributed by atoms with Gasteiger partial charge in [-0.1, -0.05) is 0 Å². The molecule has 0 atom stereocenters. The maximum Gasteiger partial charge on any atom is 0.142 e. The zero-order chi connectivity index (χ0) is 10.1. The van der Waals surface area contributed by atoms with Crippen LogP contribution in [0.15, 0.2) is 17.5 Å². The van der Waals surface area contributed by atoms with Gasteiger partial charge in [0.2, 0.25) is 0 Å². The molecule has 0 unspecified atom stereocenters. The summed E-state index contributed by atoms with van der Waals surface area (Å²) in [4.78, 5) is 0. The molecular formula is C10H6INOS. The quantitative estimate of drug-likeness (QED) is 0.756. The summed E-state index contributed by atoms with van der Waals surface area (Å²) in [6, 6.07) is 6.20. The molecule has 0 N–H and O–H groups in total. The van der Waals surface area contributed by atoms with Crippen molar-refractivity contribution in [3.05, 3.63) is 26.6 Å². The Morgan fingerprint density at radius 1 is 1.50 bits per heavy atom. The van der Waals surface area contributed by atoms with Gasteiger partial charge in [-0.2, -0.15) is 5.26 Å². The van der Waals surface area contributed by atoms with Crippen molar-refractivity contribution in [1.82, 2.24) is 0 Å². The second kappa shape index (κ2) is 3.75. The molecule has 2 nitrogen and oxygen atoms in total. The van der Waals surface area contributed by atoms with Crippen LogP contribution in [0, 0.1) is 14.9 Å². The lowest BCUT2D eigenvalue weighted by molar-refractivity contribution is 0.417. The smallest absolute Gasteiger partial charge is 0.142 e. The van der Waals surface area contributed by atoms with E-state index in [0.717, 1.165) is 19.4 Å². The van der Waals surface area contributed by atoms with Gasteiger partial charge in [0.1, 0.15) is 11.8 Å². The second-order valence-corrected chi connectivity index (χ2v) is 4.79. The third-order valence-corrected chi connectivity index (χ3v) is 3.77. The molecule has 0 fully saturated rings. The van der Waals surface area contributed by atoms with Gasteiger partial charge in [-0.3, -0.25) is 0 Å². The fourth-order valence-corrected chi connectivity index (χ4v) is 2.91. The number of methoxy groups -OCH3 is 1. The van der Waals surface area contributed by atoms with Crippen molar-refractivity contribution >= 4 is 44.0 Å². The molecule has 1 aromatic heterocycles. The van der Waals surface area contributed by atoms with E-state index < -0.39 is 0 Å². The maximum atomic E-state index is 8.93. The van der Waals surface area contributed by atoms with Crippen LogP contribution in [0.5, 0.6) is 5.75 Å². The third-order valence-electron chi connectivity index (χ3n) is 1.97. The summed E-state index contributed by atoms with van der Waals surface area (Å²) in [5.41, 5.74) is 0.695. The van der Waals surface area contributed by atoms with E-state index in [0.29, 0.717) is 5.56 Å². The summed E-state index contributed by atoms with van der Waals surface area (Å²) in [6.07, 6.45) is 0. The van der Waals surface area contributed by atoms with Gasteiger partial charge in [0.05, 0.1) is 21.6 Å². The predicted octanol–water partition coefficient (Wildman–Crippen LogP) is 3.39. The monoisotopic (exact) mass is 315 g/mol. The van der Waals surface area contributed by atoms with E-state index in [1.165, 1.54) is 0 Å². The average molecular weight is 315 g/mol. The lowest BCUT2D eigenvalue weighted by Gasteiger charge is -2.04. The Balaban J connectivity index is 2.90. The van der Waals surface area contributed by atoms with Crippen molar-refractivity contribution in [3.8, 4) is 11.8 Å². The molecule has 0 aliphatic heterocycles. The molecule has 70 valence electrons. The zero-order valence-corrected chi connectivity index (χ0v) is 10.3. The Hall–Kier alpha value is -0.800. The van der Waals surface area contributed by atoms with E-state index in [2.05, 4.69) is 28.7 Å². The van der Waals surface area contributed by atoms with Crippen molar-refractivity contribution in [2.45, 2.75) is 0 Å². The molecule has 1 heterocycles. The normalized spacial score (nSPS) is 10.1. The van der Waals surface area contributed by atoms with Gasteiger partial charge in [0, 0.05) is 10.1 Å². The summed E-state index contributed by atoms with van der Waals surface area (Å²) in [6.45, 7) is 0. The van der Waals surface area contributed by atoms with Crippen LogP contribution in [-0.4, -0.2) is 7.11 Å². The first kappa shape index (κ1) is 9.74. The maximum absolute atomic E-state index is 8.93. The van der Waals surface area contributed by atoms with Gasteiger partial charge in [-0.05, 0) is 34.7 Å². The van der Waals surface area contributed by atoms with Crippen molar-refractivity contribution < 1.29 is 4.74 Å². The Kier molecular flexibility index (Phi) is 2.61. The van der Waals surface area contributed by atoms with Gasteiger partial charge >= 0.3 is 0 Å². The fourth-order valence-electron chi connectivity index (χ4n) is 1.36. The molecule has 0 amide bonds. The van der Waals surface area contributed by atoms with Gasteiger partial charge < -0.3 is 4.74 Å². The number of nitrogens with zero attached hydrogens (tertiary/aromatic N) is 1. The highest BCUT2D eigenvalue weighted by molar-refractivity contribution is 14.1. The number of rotatable bonds is 1. The second-order valence-electron chi connectivity index (χ2n) is 2.71. The molecule has 0 bridgehead atoms. The summed E-state index contributed by atoms with van der Waals surface area (Å²) in [5.74, 6) is 0.806. The van der Waals surface area contributed by atoms with Crippen LogP contribution < -0.4 is 4.74 Å². The van der Waals surface area contributed by atoms with Gasteiger partial charge in [-0.25, -0.2) is 0 Å². The summed E-state index contributed by atoms with van der Waals surface area (Å²) < 4.78 is 7.44. The standard InChI is InChI=1S/C10H6INOS/c1-13-10-7(11)2-3-8-9(10)6(4-12)5-14-8/h2-3,5H,1H3. The Bertz CT molecular complexity index is 527. The SMILES string of the molecule is COc1c(I)ccc2scc(C#N)c12. The summed E-state index contributed by atoms with van der Waals surface area (Å²) in [7, 11) is 1.63. The molecule has 0 aliphatic carbocycles. The van der Waals surface area contributed by atoms with Crippen molar-refractivity contribution in [1.29, 1.82) is 5.26 Å². The van der Waals surface area contributed by atoms with Crippen LogP contribution in [0.2, 0.25) is 0 Å². The molecule has 2 aromatic rings. The number of ether oxygens (including phenoxy) is 1. The molecule has 0 aliphatic rings. The van der Waals surface area contributed by atoms with Crippen LogP contribution in [0.4, 0.5) is 0 Å². The molecule has 4 heteroatoms. The predicted molar refractivity (Wildman–Crippen MR) is 65.8 cm³/mol. The minimum Gasteiger partial charge on any atom is -0.495 e. The van der Waals surface area contributed by atoms with Crippen LogP contribution >= 0.6 is 33.9 Å². The van der Waals surface area contributed by atoms with Crippen molar-refractivity contribution in [2.24, 2.45) is 0 Å². The minimum atomic E-state index is 0.695. The van der Waals surface area contributed by atoms with Crippen molar-refractivity contribution in [2.75, 3.05) is 7.11 Å². The van der Waals surface area contributed by atoms with Gasteiger partial charge in [0.25, 0.3) is 0 Å². The first-order valence-corrected chi connectivity index (χ1v) is 5.87. The number of hydrogen-bond donors (Lipinski definition) is 0. The van der Waals surface area contributed by atoms with Gasteiger partial charge in [0.15, 0.2) is 0 Å². The molecule has 14 heavy (non-hydrogen) atoms. The molecule has 1 aromatic carbocycles. The first-order chi connectivity index (χ1) is 6.77. The van der Waals surface area contributed by atoms with E-state index >= 15 is 0 Å². The molecule has 2 rings (SSSR count). The number of thiophene rings is 1. The topological polar surface area (TPSA) is 33.0 Å². The zero-order valence-electron chi connectivity index (χ0n) is 7.37. The third kappa shape index (κ3) is 1.37. The molecule has 0 saturated carbocycles. The highest BCUT2D eigenvalue weighted by Crippen LogP contribution is 2.36. The molecule has 0 spiro atoms. The van der Waals surface area contributed by atoms with E-state index in [1.807, 2.05) is 17.5 Å². The Labute approximate surface area is 99.3 Å². The van der Waals surface area contributed by atoms with Crippen LogP contribution in [0.3, 0.4) is 0 Å². The van der Waals surface area contributed by atoms with Gasteiger partial charge in [-0.15, -0.1) is 11.3 Å². The van der Waals surface area contributed by atoms with Crippen LogP contribution in [-0.2, 0) is 0 Å². The largest absolute Gasteiger partial charge is 0.495 e. The molecular weight excluding hydrogens is 309 g/mol. The Morgan fingerprint density at radius 3 is 2.93 bits per heavy atom. The highest BCUT2D eigenvalue weighted by Gasteiger charge is 2.11. The van der Waals surface area contributed by atoms with E-state index in [-0.39, 0.29) is 0 Å². The summed E-state index contributed by atoms with van der Waals surface area (Å²) >= 11 is 3.78. The Morgan fingerprint density at radius 2 is 2.29 bits per heavy atom. The average Bonchev–Trinajstić information content (AvgIpc) is 2.61. The number of hydrogen-bond acceptors (Lipinski definition) is 3. The minimum absolute atomic E-state index is 0.695. The molecule has 0 radical (unpaired) electrons. The highest BCUT2D eigenvalue weighted by atomic mass is 127. The summed E-state index contributed by atoms with van der Waals surface area (Å²) in [5, 5.41) is 11.7. The van der Waals surface area contributed by atoms with Crippen molar-refractivity contribution in [3.63, 3.8) is 0 Å². The van der Waals surface area contributed by atoms with E-state index in [1.54, 1.807) is 18.4 Å². The number of benzene rings is 1. The van der Waals surface area contributed by atoms with Crippen LogP contribution in [0.25, 0.3) is 10.1 Å². The first-order valence-electron chi connectivity index (χ1n) is 3.91. The lowest BCUT2D eigenvalue weighted by atomic mass is 10.2.